The standard InChI is InChI=1S/C18H22N4/c1-2-16(13-22-9-7-19-14-22)12-21(8-1)11-15-3-4-17-5-6-20-18(17)10-15/h3-7,9-10,14,16,20H,1-2,8,11-13H2. The number of rotatable bonds is 4. The lowest BCUT2D eigenvalue weighted by molar-refractivity contribution is 0.156. The molecule has 0 spiro atoms. The third-order valence-corrected chi connectivity index (χ3v) is 4.66. The zero-order chi connectivity index (χ0) is 14.8. The molecule has 3 heterocycles. The van der Waals surface area contributed by atoms with E-state index < -0.39 is 0 Å². The van der Waals surface area contributed by atoms with Gasteiger partial charge in [-0.15, -0.1) is 0 Å². The minimum atomic E-state index is 0.733. The van der Waals surface area contributed by atoms with Gasteiger partial charge in [-0.2, -0.15) is 0 Å². The van der Waals surface area contributed by atoms with Crippen molar-refractivity contribution in [1.29, 1.82) is 0 Å². The van der Waals surface area contributed by atoms with Crippen molar-refractivity contribution in [3.05, 3.63) is 54.7 Å². The third-order valence-electron chi connectivity index (χ3n) is 4.66. The molecular weight excluding hydrogens is 272 g/mol. The van der Waals surface area contributed by atoms with Crippen LogP contribution in [0.15, 0.2) is 49.2 Å². The van der Waals surface area contributed by atoms with Crippen LogP contribution in [0.4, 0.5) is 0 Å². The molecule has 1 unspecified atom stereocenters. The van der Waals surface area contributed by atoms with Gasteiger partial charge in [0.25, 0.3) is 0 Å². The minimum Gasteiger partial charge on any atom is -0.361 e. The van der Waals surface area contributed by atoms with Crippen molar-refractivity contribution < 1.29 is 0 Å². The van der Waals surface area contributed by atoms with Crippen molar-refractivity contribution in [3.8, 4) is 0 Å². The van der Waals surface area contributed by atoms with E-state index in [0.29, 0.717) is 0 Å². The maximum atomic E-state index is 4.14. The number of aromatic nitrogens is 3. The third kappa shape index (κ3) is 2.92. The number of nitrogens with zero attached hydrogens (tertiary/aromatic N) is 3. The first-order chi connectivity index (χ1) is 10.9. The van der Waals surface area contributed by atoms with E-state index in [2.05, 4.69) is 49.9 Å². The Morgan fingerprint density at radius 1 is 1.27 bits per heavy atom. The van der Waals surface area contributed by atoms with Crippen molar-refractivity contribution in [1.82, 2.24) is 19.4 Å². The normalized spacial score (nSPS) is 19.7. The van der Waals surface area contributed by atoms with Crippen LogP contribution in [-0.4, -0.2) is 32.5 Å². The Balaban J connectivity index is 1.41. The number of nitrogens with one attached hydrogen (secondary N) is 1. The highest BCUT2D eigenvalue weighted by atomic mass is 15.1. The minimum absolute atomic E-state index is 0.733. The molecule has 4 rings (SSSR count). The Morgan fingerprint density at radius 3 is 3.18 bits per heavy atom. The molecule has 1 N–H and O–H groups in total. The highest BCUT2D eigenvalue weighted by Gasteiger charge is 2.20. The Kier molecular flexibility index (Phi) is 3.69. The van der Waals surface area contributed by atoms with Crippen LogP contribution >= 0.6 is 0 Å². The Labute approximate surface area is 130 Å². The predicted octanol–water partition coefficient (Wildman–Crippen LogP) is 3.28. The van der Waals surface area contributed by atoms with Gasteiger partial charge in [-0.3, -0.25) is 4.90 Å². The number of fused-ring (bicyclic) bond motifs is 1. The van der Waals surface area contributed by atoms with Crippen LogP contribution in [-0.2, 0) is 13.1 Å². The van der Waals surface area contributed by atoms with E-state index in [4.69, 9.17) is 0 Å². The molecule has 2 aromatic heterocycles. The van der Waals surface area contributed by atoms with Crippen molar-refractivity contribution in [2.75, 3.05) is 13.1 Å². The second-order valence-corrected chi connectivity index (χ2v) is 6.40. The molecule has 22 heavy (non-hydrogen) atoms. The van der Waals surface area contributed by atoms with Crippen molar-refractivity contribution >= 4 is 10.9 Å². The van der Waals surface area contributed by atoms with E-state index in [1.165, 1.54) is 42.4 Å². The van der Waals surface area contributed by atoms with Gasteiger partial charge in [0.1, 0.15) is 0 Å². The molecular formula is C18H22N4. The first kappa shape index (κ1) is 13.6. The van der Waals surface area contributed by atoms with Gasteiger partial charge in [0.15, 0.2) is 0 Å². The van der Waals surface area contributed by atoms with Crippen LogP contribution in [0.5, 0.6) is 0 Å². The highest BCUT2D eigenvalue weighted by molar-refractivity contribution is 5.79. The van der Waals surface area contributed by atoms with Crippen LogP contribution in [0.25, 0.3) is 10.9 Å². The van der Waals surface area contributed by atoms with Gasteiger partial charge in [-0.25, -0.2) is 4.98 Å². The lowest BCUT2D eigenvalue weighted by Gasteiger charge is -2.33. The first-order valence-corrected chi connectivity index (χ1v) is 8.11. The van der Waals surface area contributed by atoms with Gasteiger partial charge < -0.3 is 9.55 Å². The molecule has 4 heteroatoms. The summed E-state index contributed by atoms with van der Waals surface area (Å²) in [5.41, 5.74) is 2.64. The Bertz CT molecular complexity index is 728. The van der Waals surface area contributed by atoms with Crippen LogP contribution in [0, 0.1) is 5.92 Å². The Morgan fingerprint density at radius 2 is 2.27 bits per heavy atom. The summed E-state index contributed by atoms with van der Waals surface area (Å²) in [7, 11) is 0. The summed E-state index contributed by atoms with van der Waals surface area (Å²) in [4.78, 5) is 10.0. The largest absolute Gasteiger partial charge is 0.361 e. The van der Waals surface area contributed by atoms with Gasteiger partial charge in [-0.1, -0.05) is 12.1 Å². The van der Waals surface area contributed by atoms with Crippen LogP contribution in [0.2, 0.25) is 0 Å². The SMILES string of the molecule is c1cn(CC2CCCN(Cc3ccc4cc[nH]c4c3)C2)cn1. The molecule has 0 bridgehead atoms. The summed E-state index contributed by atoms with van der Waals surface area (Å²) >= 11 is 0. The second-order valence-electron chi connectivity index (χ2n) is 6.40. The molecule has 1 saturated heterocycles. The molecule has 4 nitrogen and oxygen atoms in total. The number of hydrogen-bond acceptors (Lipinski definition) is 2. The van der Waals surface area contributed by atoms with E-state index in [-0.39, 0.29) is 0 Å². The van der Waals surface area contributed by atoms with E-state index in [9.17, 15) is 0 Å². The van der Waals surface area contributed by atoms with Crippen molar-refractivity contribution in [2.24, 2.45) is 5.92 Å². The zero-order valence-corrected chi connectivity index (χ0v) is 12.8. The molecule has 114 valence electrons. The number of aromatic amines is 1. The number of H-pyrrole nitrogens is 1. The van der Waals surface area contributed by atoms with Gasteiger partial charge in [-0.05, 0) is 48.4 Å². The summed E-state index contributed by atoms with van der Waals surface area (Å²) in [6, 6.07) is 8.89. The van der Waals surface area contributed by atoms with Crippen LogP contribution < -0.4 is 0 Å². The zero-order valence-electron chi connectivity index (χ0n) is 12.8. The van der Waals surface area contributed by atoms with Gasteiger partial charge >= 0.3 is 0 Å². The molecule has 1 atom stereocenters. The molecule has 0 amide bonds. The topological polar surface area (TPSA) is 36.9 Å². The highest BCUT2D eigenvalue weighted by Crippen LogP contribution is 2.21. The lowest BCUT2D eigenvalue weighted by Crippen LogP contribution is -2.36. The maximum Gasteiger partial charge on any atom is 0.0946 e. The van der Waals surface area contributed by atoms with E-state index in [0.717, 1.165) is 19.0 Å². The number of benzene rings is 1. The fourth-order valence-electron chi connectivity index (χ4n) is 3.59. The Hall–Kier alpha value is -2.07. The fraction of sp³-hybridized carbons (Fsp3) is 0.389. The number of piperidine rings is 1. The second kappa shape index (κ2) is 5.97. The number of likely N-dealkylation sites (tertiary alicyclic amines) is 1. The molecule has 0 aliphatic carbocycles. The van der Waals surface area contributed by atoms with Gasteiger partial charge in [0.05, 0.1) is 6.33 Å². The van der Waals surface area contributed by atoms with Gasteiger partial charge in [0.2, 0.25) is 0 Å². The summed E-state index contributed by atoms with van der Waals surface area (Å²) in [6.07, 6.45) is 10.5. The summed E-state index contributed by atoms with van der Waals surface area (Å²) < 4.78 is 2.21. The number of imidazole rings is 1. The molecule has 0 radical (unpaired) electrons. The average molecular weight is 294 g/mol. The first-order valence-electron chi connectivity index (χ1n) is 8.11. The molecule has 1 aliphatic heterocycles. The van der Waals surface area contributed by atoms with E-state index >= 15 is 0 Å². The monoisotopic (exact) mass is 294 g/mol. The smallest absolute Gasteiger partial charge is 0.0946 e. The quantitative estimate of drug-likeness (QED) is 0.802. The molecule has 1 fully saturated rings. The van der Waals surface area contributed by atoms with E-state index in [1.807, 2.05) is 18.7 Å². The average Bonchev–Trinajstić information content (AvgIpc) is 3.18. The molecule has 3 aromatic rings. The summed E-state index contributed by atoms with van der Waals surface area (Å²) in [6.45, 7) is 4.53. The maximum absolute atomic E-state index is 4.14. The van der Waals surface area contributed by atoms with Crippen LogP contribution in [0.1, 0.15) is 18.4 Å². The number of hydrogen-bond donors (Lipinski definition) is 1. The lowest BCUT2D eigenvalue weighted by atomic mass is 9.97. The molecule has 0 saturated carbocycles. The van der Waals surface area contributed by atoms with Gasteiger partial charge in [0, 0.05) is 43.7 Å². The molecule has 1 aliphatic rings. The molecule has 1 aromatic carbocycles. The summed E-state index contributed by atoms with van der Waals surface area (Å²) in [5.74, 6) is 0.733. The van der Waals surface area contributed by atoms with Crippen molar-refractivity contribution in [2.45, 2.75) is 25.9 Å². The summed E-state index contributed by atoms with van der Waals surface area (Å²) in [5, 5.41) is 1.29. The predicted molar refractivity (Wildman–Crippen MR) is 88.5 cm³/mol. The van der Waals surface area contributed by atoms with Crippen LogP contribution in [0.3, 0.4) is 0 Å². The van der Waals surface area contributed by atoms with Crippen molar-refractivity contribution in [3.63, 3.8) is 0 Å². The van der Waals surface area contributed by atoms with E-state index in [1.54, 1.807) is 0 Å². The fourth-order valence-corrected chi connectivity index (χ4v) is 3.59.